The zero-order valence-corrected chi connectivity index (χ0v) is 18.9. The minimum Gasteiger partial charge on any atom is -0.449 e. The minimum atomic E-state index is -3.64. The van der Waals surface area contributed by atoms with E-state index in [1.54, 1.807) is 67.0 Å². The largest absolute Gasteiger partial charge is 0.449 e. The van der Waals surface area contributed by atoms with Gasteiger partial charge in [-0.15, -0.1) is 0 Å². The van der Waals surface area contributed by atoms with E-state index in [-0.39, 0.29) is 33.4 Å². The Morgan fingerprint density at radius 2 is 1.75 bits per heavy atom. The summed E-state index contributed by atoms with van der Waals surface area (Å²) >= 11 is 0. The quantitative estimate of drug-likeness (QED) is 0.470. The van der Waals surface area contributed by atoms with Crippen LogP contribution in [0.4, 0.5) is 0 Å². The Morgan fingerprint density at radius 1 is 1.00 bits per heavy atom. The summed E-state index contributed by atoms with van der Waals surface area (Å²) in [5.41, 5.74) is 2.13. The van der Waals surface area contributed by atoms with E-state index in [2.05, 4.69) is 10.3 Å². The first-order valence-electron chi connectivity index (χ1n) is 10.2. The van der Waals surface area contributed by atoms with Crippen molar-refractivity contribution in [1.29, 1.82) is 0 Å². The van der Waals surface area contributed by atoms with E-state index in [0.717, 1.165) is 16.5 Å². The first-order chi connectivity index (χ1) is 15.1. The Kier molecular flexibility index (Phi) is 5.60. The monoisotopic (exact) mass is 448 g/mol. The molecule has 6 nitrogen and oxygen atoms in total. The van der Waals surface area contributed by atoms with Gasteiger partial charge in [-0.1, -0.05) is 45.0 Å². The van der Waals surface area contributed by atoms with Crippen molar-refractivity contribution in [1.82, 2.24) is 10.3 Å². The molecule has 0 aliphatic heterocycles. The summed E-state index contributed by atoms with van der Waals surface area (Å²) < 4.78 is 31.7. The van der Waals surface area contributed by atoms with Gasteiger partial charge in [0.1, 0.15) is 0 Å². The lowest BCUT2D eigenvalue weighted by Crippen LogP contribution is -2.22. The molecule has 0 atom stereocenters. The first-order valence-corrected chi connectivity index (χ1v) is 11.7. The molecule has 4 aromatic rings. The van der Waals surface area contributed by atoms with Gasteiger partial charge < -0.3 is 9.73 Å². The van der Waals surface area contributed by atoms with Crippen LogP contribution >= 0.6 is 0 Å². The number of amides is 1. The van der Waals surface area contributed by atoms with Crippen LogP contribution in [0.2, 0.25) is 0 Å². The lowest BCUT2D eigenvalue weighted by molar-refractivity contribution is 0.0925. The van der Waals surface area contributed by atoms with E-state index in [9.17, 15) is 13.2 Å². The molecular formula is C25H24N2O4S. The number of benzene rings is 2. The summed E-state index contributed by atoms with van der Waals surface area (Å²) in [5.74, 6) is -0.150. The second kappa shape index (κ2) is 8.24. The van der Waals surface area contributed by atoms with Gasteiger partial charge in [0, 0.05) is 18.1 Å². The Labute approximate surface area is 187 Å². The lowest BCUT2D eigenvalue weighted by Gasteiger charge is -2.19. The molecule has 1 amide bonds. The Hall–Kier alpha value is -3.45. The molecular weight excluding hydrogens is 424 g/mol. The molecule has 2 aromatic heterocycles. The normalized spacial score (nSPS) is 12.1. The summed E-state index contributed by atoms with van der Waals surface area (Å²) in [6, 6.07) is 17.0. The molecule has 0 aliphatic rings. The standard InChI is InChI=1S/C25H24N2O4S/c1-25(2,3)19-5-4-6-21(14-19)32(29,30)20-9-7-17(8-10-20)15-27-24(28)22-13-18-11-12-26-16-23(18)31-22/h4-14,16H,15H2,1-3H3,(H,27,28). The van der Waals surface area contributed by atoms with Gasteiger partial charge in [-0.25, -0.2) is 8.42 Å². The summed E-state index contributed by atoms with van der Waals surface area (Å²) in [5, 5.41) is 3.59. The Bertz CT molecular complexity index is 1350. The number of carbonyl (C=O) groups excluding carboxylic acids is 1. The summed E-state index contributed by atoms with van der Waals surface area (Å²) in [7, 11) is -3.64. The first kappa shape index (κ1) is 21.8. The van der Waals surface area contributed by atoms with Crippen LogP contribution in [0.25, 0.3) is 11.0 Å². The number of rotatable bonds is 5. The van der Waals surface area contributed by atoms with Gasteiger partial charge >= 0.3 is 0 Å². The number of nitrogens with zero attached hydrogens (tertiary/aromatic N) is 1. The summed E-state index contributed by atoms with van der Waals surface area (Å²) in [6.07, 6.45) is 3.19. The maximum atomic E-state index is 13.1. The van der Waals surface area contributed by atoms with Crippen molar-refractivity contribution >= 4 is 26.7 Å². The molecule has 164 valence electrons. The maximum Gasteiger partial charge on any atom is 0.287 e. The fourth-order valence-electron chi connectivity index (χ4n) is 3.32. The molecule has 0 radical (unpaired) electrons. The third-order valence-electron chi connectivity index (χ3n) is 5.24. The molecule has 0 fully saturated rings. The van der Waals surface area contributed by atoms with Crippen molar-refractivity contribution < 1.29 is 17.6 Å². The lowest BCUT2D eigenvalue weighted by atomic mass is 9.87. The highest BCUT2D eigenvalue weighted by Crippen LogP contribution is 2.27. The molecule has 0 aliphatic carbocycles. The van der Waals surface area contributed by atoms with Crippen LogP contribution in [0, 0.1) is 0 Å². The fourth-order valence-corrected chi connectivity index (χ4v) is 4.62. The second-order valence-corrected chi connectivity index (χ2v) is 10.6. The summed E-state index contributed by atoms with van der Waals surface area (Å²) in [6.45, 7) is 6.38. The van der Waals surface area contributed by atoms with Crippen molar-refractivity contribution in [2.45, 2.75) is 42.5 Å². The number of fused-ring (bicyclic) bond motifs is 1. The number of nitrogens with one attached hydrogen (secondary N) is 1. The molecule has 2 heterocycles. The number of furan rings is 1. The van der Waals surface area contributed by atoms with Gasteiger partial charge in [0.2, 0.25) is 9.84 Å². The molecule has 0 spiro atoms. The van der Waals surface area contributed by atoms with Gasteiger partial charge in [0.25, 0.3) is 5.91 Å². The Balaban J connectivity index is 1.47. The highest BCUT2D eigenvalue weighted by atomic mass is 32.2. The highest BCUT2D eigenvalue weighted by molar-refractivity contribution is 7.91. The molecule has 0 saturated carbocycles. The third-order valence-corrected chi connectivity index (χ3v) is 7.01. The number of aromatic nitrogens is 1. The average molecular weight is 449 g/mol. The minimum absolute atomic E-state index is 0.149. The van der Waals surface area contributed by atoms with E-state index >= 15 is 0 Å². The number of hydrogen-bond donors (Lipinski definition) is 1. The molecule has 0 unspecified atom stereocenters. The van der Waals surface area contributed by atoms with Crippen molar-refractivity contribution in [3.63, 3.8) is 0 Å². The summed E-state index contributed by atoms with van der Waals surface area (Å²) in [4.78, 5) is 16.8. The van der Waals surface area contributed by atoms with E-state index < -0.39 is 9.84 Å². The van der Waals surface area contributed by atoms with Crippen molar-refractivity contribution in [2.24, 2.45) is 0 Å². The molecule has 4 rings (SSSR count). The van der Waals surface area contributed by atoms with Crippen LogP contribution in [-0.4, -0.2) is 19.3 Å². The number of carbonyl (C=O) groups is 1. The molecule has 0 bridgehead atoms. The van der Waals surface area contributed by atoms with Crippen molar-refractivity contribution in [2.75, 3.05) is 0 Å². The average Bonchev–Trinajstić information content (AvgIpc) is 3.22. The smallest absolute Gasteiger partial charge is 0.287 e. The molecule has 32 heavy (non-hydrogen) atoms. The van der Waals surface area contributed by atoms with E-state index in [0.29, 0.717) is 5.58 Å². The molecule has 7 heteroatoms. The maximum absolute atomic E-state index is 13.1. The second-order valence-electron chi connectivity index (χ2n) is 8.63. The van der Waals surface area contributed by atoms with Crippen LogP contribution < -0.4 is 5.32 Å². The van der Waals surface area contributed by atoms with Crippen molar-refractivity contribution in [3.8, 4) is 0 Å². The van der Waals surface area contributed by atoms with E-state index in [1.807, 2.05) is 26.8 Å². The van der Waals surface area contributed by atoms with E-state index in [4.69, 9.17) is 4.42 Å². The van der Waals surface area contributed by atoms with Gasteiger partial charge in [0.05, 0.1) is 16.0 Å². The third kappa shape index (κ3) is 4.43. The molecule has 1 N–H and O–H groups in total. The van der Waals surface area contributed by atoms with Crippen LogP contribution in [0.5, 0.6) is 0 Å². The zero-order chi connectivity index (χ0) is 22.9. The zero-order valence-electron chi connectivity index (χ0n) is 18.1. The van der Waals surface area contributed by atoms with Crippen LogP contribution in [-0.2, 0) is 21.8 Å². The van der Waals surface area contributed by atoms with Gasteiger partial charge in [-0.2, -0.15) is 0 Å². The van der Waals surface area contributed by atoms with E-state index in [1.165, 1.54) is 0 Å². The van der Waals surface area contributed by atoms with Gasteiger partial charge in [0.15, 0.2) is 11.3 Å². The van der Waals surface area contributed by atoms with Gasteiger partial charge in [-0.05, 0) is 52.9 Å². The van der Waals surface area contributed by atoms with Gasteiger partial charge in [-0.3, -0.25) is 9.78 Å². The van der Waals surface area contributed by atoms with Crippen LogP contribution in [0.3, 0.4) is 0 Å². The van der Waals surface area contributed by atoms with Crippen molar-refractivity contribution in [3.05, 3.63) is 89.9 Å². The number of pyridine rings is 1. The molecule has 0 saturated heterocycles. The number of sulfone groups is 1. The Morgan fingerprint density at radius 3 is 2.44 bits per heavy atom. The SMILES string of the molecule is CC(C)(C)c1cccc(S(=O)(=O)c2ccc(CNC(=O)c3cc4ccncc4o3)cc2)c1. The van der Waals surface area contributed by atoms with Crippen LogP contribution in [0.15, 0.2) is 87.3 Å². The predicted molar refractivity (Wildman–Crippen MR) is 122 cm³/mol. The fraction of sp³-hybridized carbons (Fsp3) is 0.200. The predicted octanol–water partition coefficient (Wildman–Crippen LogP) is 4.89. The number of hydrogen-bond acceptors (Lipinski definition) is 5. The topological polar surface area (TPSA) is 89.3 Å². The highest BCUT2D eigenvalue weighted by Gasteiger charge is 2.21. The van der Waals surface area contributed by atoms with Crippen LogP contribution in [0.1, 0.15) is 42.5 Å². The molecule has 2 aromatic carbocycles.